The summed E-state index contributed by atoms with van der Waals surface area (Å²) in [6, 6.07) is 0.678. The summed E-state index contributed by atoms with van der Waals surface area (Å²) in [4.78, 5) is 5.90. The average molecular weight is 479 g/mol. The summed E-state index contributed by atoms with van der Waals surface area (Å²) in [7, 11) is 0. The van der Waals surface area contributed by atoms with Crippen molar-refractivity contribution in [3.63, 3.8) is 0 Å². The van der Waals surface area contributed by atoms with Crippen LogP contribution >= 0.6 is 0 Å². The summed E-state index contributed by atoms with van der Waals surface area (Å²) in [6.07, 6.45) is 26.5. The highest BCUT2D eigenvalue weighted by molar-refractivity contribution is 4.97. The molecule has 0 saturated carbocycles. The molecule has 0 N–H and O–H groups in total. The van der Waals surface area contributed by atoms with Crippen LogP contribution in [0.1, 0.15) is 170 Å². The third kappa shape index (κ3) is 11.3. The fraction of sp³-hybridized carbons (Fsp3) is 1.00. The first-order valence-corrected chi connectivity index (χ1v) is 15.9. The summed E-state index contributed by atoms with van der Waals surface area (Å²) in [6.45, 7) is 21.0. The fourth-order valence-electron chi connectivity index (χ4n) is 6.66. The lowest BCUT2D eigenvalue weighted by molar-refractivity contribution is -0.0492. The van der Waals surface area contributed by atoms with Gasteiger partial charge in [-0.3, -0.25) is 9.80 Å². The van der Waals surface area contributed by atoms with E-state index in [-0.39, 0.29) is 0 Å². The van der Waals surface area contributed by atoms with Gasteiger partial charge in [0, 0.05) is 36.8 Å². The van der Waals surface area contributed by atoms with E-state index in [0.717, 1.165) is 0 Å². The van der Waals surface area contributed by atoms with Gasteiger partial charge in [0.2, 0.25) is 0 Å². The highest BCUT2D eigenvalue weighted by Crippen LogP contribution is 2.36. The molecule has 0 aromatic carbocycles. The van der Waals surface area contributed by atoms with Crippen molar-refractivity contribution in [2.24, 2.45) is 0 Å². The largest absolute Gasteiger partial charge is 0.295 e. The Morgan fingerprint density at radius 1 is 0.529 bits per heavy atom. The third-order valence-corrected chi connectivity index (χ3v) is 9.11. The molecule has 2 heteroatoms. The maximum Gasteiger partial charge on any atom is 0.0201 e. The lowest BCUT2D eigenvalue weighted by Crippen LogP contribution is -2.64. The van der Waals surface area contributed by atoms with E-state index in [0.29, 0.717) is 17.1 Å². The molecule has 0 aromatic heterocycles. The van der Waals surface area contributed by atoms with Crippen LogP contribution in [0.3, 0.4) is 0 Å². The standard InChI is InChI=1S/C32H66N2/c1-8-12-16-20-24-31(6,23-19-15-11-4)33-27-28-34(30(5)29-33)32(7,25-21-17-13-9-2)26-22-18-14-10-3/h30H,8-29H2,1-7H3/t30-,31?/m0/s1. The van der Waals surface area contributed by atoms with E-state index in [9.17, 15) is 0 Å². The Labute approximate surface area is 217 Å². The monoisotopic (exact) mass is 479 g/mol. The molecule has 0 spiro atoms. The lowest BCUT2D eigenvalue weighted by atomic mass is 9.82. The molecule has 1 fully saturated rings. The quantitative estimate of drug-likeness (QED) is 0.151. The van der Waals surface area contributed by atoms with Gasteiger partial charge >= 0.3 is 0 Å². The van der Waals surface area contributed by atoms with Crippen molar-refractivity contribution in [3.05, 3.63) is 0 Å². The molecule has 204 valence electrons. The van der Waals surface area contributed by atoms with Gasteiger partial charge in [0.1, 0.15) is 0 Å². The smallest absolute Gasteiger partial charge is 0.0201 e. The summed E-state index contributed by atoms with van der Waals surface area (Å²) in [5.41, 5.74) is 0.800. The van der Waals surface area contributed by atoms with Crippen LogP contribution in [0, 0.1) is 0 Å². The van der Waals surface area contributed by atoms with E-state index in [4.69, 9.17) is 0 Å². The van der Waals surface area contributed by atoms with Crippen molar-refractivity contribution in [1.29, 1.82) is 0 Å². The minimum absolute atomic E-state index is 0.396. The highest BCUT2D eigenvalue weighted by atomic mass is 15.3. The van der Waals surface area contributed by atoms with Crippen LogP contribution in [-0.4, -0.2) is 46.6 Å². The maximum atomic E-state index is 2.96. The zero-order valence-corrected chi connectivity index (χ0v) is 25.0. The normalized spacial score (nSPS) is 20.0. The molecule has 0 bridgehead atoms. The Bertz CT molecular complexity index is 464. The molecule has 0 radical (unpaired) electrons. The molecule has 1 aliphatic heterocycles. The molecular weight excluding hydrogens is 412 g/mol. The Morgan fingerprint density at radius 2 is 0.912 bits per heavy atom. The van der Waals surface area contributed by atoms with Crippen molar-refractivity contribution in [1.82, 2.24) is 9.80 Å². The number of unbranched alkanes of at least 4 members (excludes halogenated alkanes) is 11. The molecule has 0 aromatic rings. The van der Waals surface area contributed by atoms with E-state index >= 15 is 0 Å². The predicted molar refractivity (Wildman–Crippen MR) is 155 cm³/mol. The number of piperazine rings is 1. The van der Waals surface area contributed by atoms with Crippen LogP contribution in [0.25, 0.3) is 0 Å². The molecule has 2 nitrogen and oxygen atoms in total. The highest BCUT2D eigenvalue weighted by Gasteiger charge is 2.41. The Hall–Kier alpha value is -0.0800. The van der Waals surface area contributed by atoms with Crippen molar-refractivity contribution in [3.8, 4) is 0 Å². The molecule has 0 amide bonds. The molecule has 1 heterocycles. The van der Waals surface area contributed by atoms with Crippen LogP contribution in [0.15, 0.2) is 0 Å². The van der Waals surface area contributed by atoms with Gasteiger partial charge in [0.15, 0.2) is 0 Å². The minimum atomic E-state index is 0.396. The Balaban J connectivity index is 2.84. The predicted octanol–water partition coefficient (Wildman–Crippen LogP) is 10.0. The molecule has 1 aliphatic rings. The van der Waals surface area contributed by atoms with Crippen LogP contribution in [0.5, 0.6) is 0 Å². The molecule has 1 rings (SSSR count). The molecule has 0 aliphatic carbocycles. The fourth-order valence-corrected chi connectivity index (χ4v) is 6.66. The second-order valence-electron chi connectivity index (χ2n) is 12.4. The molecule has 34 heavy (non-hydrogen) atoms. The SMILES string of the molecule is CCCCCCC(C)(CCCCC)N1CCN(C(C)(CCCCCC)CCCCCC)[C@@H](C)C1. The molecule has 2 atom stereocenters. The van der Waals surface area contributed by atoms with Gasteiger partial charge in [-0.25, -0.2) is 0 Å². The van der Waals surface area contributed by atoms with Gasteiger partial charge in [-0.2, -0.15) is 0 Å². The van der Waals surface area contributed by atoms with E-state index < -0.39 is 0 Å². The topological polar surface area (TPSA) is 6.48 Å². The van der Waals surface area contributed by atoms with Crippen LogP contribution in [0.2, 0.25) is 0 Å². The summed E-state index contributed by atoms with van der Waals surface area (Å²) in [5.74, 6) is 0. The van der Waals surface area contributed by atoms with Gasteiger partial charge in [0.05, 0.1) is 0 Å². The van der Waals surface area contributed by atoms with Gasteiger partial charge in [-0.05, 0) is 46.5 Å². The first kappa shape index (κ1) is 31.9. The number of hydrogen-bond donors (Lipinski definition) is 0. The van der Waals surface area contributed by atoms with Crippen molar-refractivity contribution in [2.45, 2.75) is 188 Å². The summed E-state index contributed by atoms with van der Waals surface area (Å²) in [5, 5.41) is 0. The molecular formula is C32H66N2. The zero-order valence-electron chi connectivity index (χ0n) is 25.0. The average Bonchev–Trinajstić information content (AvgIpc) is 2.82. The third-order valence-electron chi connectivity index (χ3n) is 9.11. The lowest BCUT2D eigenvalue weighted by Gasteiger charge is -2.54. The van der Waals surface area contributed by atoms with Gasteiger partial charge < -0.3 is 0 Å². The van der Waals surface area contributed by atoms with Crippen molar-refractivity contribution in [2.75, 3.05) is 19.6 Å². The first-order chi connectivity index (χ1) is 16.4. The van der Waals surface area contributed by atoms with E-state index in [1.165, 1.54) is 142 Å². The number of nitrogens with zero attached hydrogens (tertiary/aromatic N) is 2. The molecule has 1 saturated heterocycles. The van der Waals surface area contributed by atoms with Crippen molar-refractivity contribution >= 4 is 0 Å². The van der Waals surface area contributed by atoms with Crippen LogP contribution in [-0.2, 0) is 0 Å². The zero-order chi connectivity index (χ0) is 25.3. The van der Waals surface area contributed by atoms with Gasteiger partial charge in [-0.1, -0.05) is 124 Å². The number of rotatable bonds is 21. The van der Waals surface area contributed by atoms with E-state index in [2.05, 4.69) is 58.3 Å². The summed E-state index contributed by atoms with van der Waals surface area (Å²) < 4.78 is 0. The van der Waals surface area contributed by atoms with E-state index in [1.54, 1.807) is 0 Å². The second kappa shape index (κ2) is 18.2. The second-order valence-corrected chi connectivity index (χ2v) is 12.4. The van der Waals surface area contributed by atoms with Gasteiger partial charge in [-0.15, -0.1) is 0 Å². The minimum Gasteiger partial charge on any atom is -0.295 e. The molecule has 1 unspecified atom stereocenters. The van der Waals surface area contributed by atoms with Crippen LogP contribution < -0.4 is 0 Å². The first-order valence-electron chi connectivity index (χ1n) is 15.9. The summed E-state index contributed by atoms with van der Waals surface area (Å²) >= 11 is 0. The van der Waals surface area contributed by atoms with Crippen molar-refractivity contribution < 1.29 is 0 Å². The van der Waals surface area contributed by atoms with E-state index in [1.807, 2.05) is 0 Å². The maximum absolute atomic E-state index is 2.96. The Morgan fingerprint density at radius 3 is 1.32 bits per heavy atom. The number of hydrogen-bond acceptors (Lipinski definition) is 2. The van der Waals surface area contributed by atoms with Crippen LogP contribution in [0.4, 0.5) is 0 Å². The Kier molecular flexibility index (Phi) is 17.1. The van der Waals surface area contributed by atoms with Gasteiger partial charge in [0.25, 0.3) is 0 Å².